The monoisotopic (exact) mass is 1010 g/mol. The third-order valence-corrected chi connectivity index (χ3v) is 15.6. The molecular formula is C54H58ClN11O5S. The zero-order valence-corrected chi connectivity index (χ0v) is 42.9. The molecule has 2 fully saturated rings. The minimum atomic E-state index is -0.840. The number of likely N-dealkylation sites (tertiary alicyclic amines) is 1. The number of carbonyl (C=O) groups excluding carboxylic acids is 3. The van der Waals surface area contributed by atoms with Crippen LogP contribution in [0.25, 0.3) is 21.8 Å². The van der Waals surface area contributed by atoms with E-state index in [0.717, 1.165) is 61.4 Å². The molecule has 6 heterocycles. The highest BCUT2D eigenvalue weighted by Crippen LogP contribution is 2.40. The second-order valence-electron chi connectivity index (χ2n) is 19.6. The molecule has 2 aliphatic heterocycles. The number of nitrogens with zero attached hydrogens (tertiary/aromatic N) is 9. The summed E-state index contributed by atoms with van der Waals surface area (Å²) in [5, 5.41) is 32.4. The third kappa shape index (κ3) is 9.60. The van der Waals surface area contributed by atoms with Crippen LogP contribution in [-0.2, 0) is 14.4 Å². The Morgan fingerprint density at radius 3 is 2.40 bits per heavy atom. The SMILES string of the molecule is Cc1sc2c(c1C)C(c1ccc(Cl)cc1)=N[C@@H](CC(=O)NC1CC(Oc3cccc(-c4cnn(C(C(=O)N5C[C@H](O)C[C@H]5C(=O)N[C@@H](C)c5ccc(-n6ccnc6C)cc5)C(C)C)c4)c3)C1)c1nnc(C)n1-2. The number of halogens is 1. The van der Waals surface area contributed by atoms with Gasteiger partial charge in [0.25, 0.3) is 0 Å². The average molecular weight is 1010 g/mol. The van der Waals surface area contributed by atoms with Crippen molar-refractivity contribution in [2.24, 2.45) is 10.9 Å². The van der Waals surface area contributed by atoms with Crippen LogP contribution >= 0.6 is 22.9 Å². The first-order valence-electron chi connectivity index (χ1n) is 24.5. The van der Waals surface area contributed by atoms with Gasteiger partial charge in [0, 0.05) is 82.7 Å². The lowest BCUT2D eigenvalue weighted by Gasteiger charge is -2.36. The van der Waals surface area contributed by atoms with E-state index < -0.39 is 24.2 Å². The normalized spacial score (nSPS) is 20.2. The standard InChI is InChI=1S/C54H58ClN11O5S/c1-29(2)50(53(70)64-28-42(67)24-46(64)52(69)58-31(4)35-13-17-41(18-14-35)63-20-19-56-33(63)6)65-27-38(26-57-65)37-9-8-10-43(21-37)71-44-22-40(23-44)59-47(68)25-45-51-62-61-34(7)66(51)54-48(30(3)32(5)72-54)49(60-45)36-11-15-39(55)16-12-36/h8-21,26-27,29,31,40,42,44-46,50,67H,22-25,28H2,1-7H3,(H,58,69)(H,59,68)/t31-,40?,42+,44?,45-,46-,50?/m0/s1. The first kappa shape index (κ1) is 48.7. The molecule has 3 aromatic carbocycles. The van der Waals surface area contributed by atoms with E-state index in [9.17, 15) is 19.5 Å². The number of aryl methyl sites for hydroxylation is 3. The van der Waals surface area contributed by atoms with Crippen molar-refractivity contribution in [3.63, 3.8) is 0 Å². The molecule has 0 spiro atoms. The van der Waals surface area contributed by atoms with Crippen LogP contribution in [0.3, 0.4) is 0 Å². The zero-order chi connectivity index (χ0) is 50.5. The van der Waals surface area contributed by atoms with Gasteiger partial charge in [-0.15, -0.1) is 21.5 Å². The lowest BCUT2D eigenvalue weighted by atomic mass is 9.89. The largest absolute Gasteiger partial charge is 0.490 e. The lowest BCUT2D eigenvalue weighted by molar-refractivity contribution is -0.142. The van der Waals surface area contributed by atoms with Crippen molar-refractivity contribution >= 4 is 46.4 Å². The number of ether oxygens (including phenoxy) is 1. The van der Waals surface area contributed by atoms with E-state index in [1.54, 1.807) is 28.4 Å². The predicted octanol–water partition coefficient (Wildman–Crippen LogP) is 8.31. The summed E-state index contributed by atoms with van der Waals surface area (Å²) < 4.78 is 12.1. The quantitative estimate of drug-likeness (QED) is 0.0964. The number of aliphatic hydroxyl groups is 1. The number of aliphatic imine (C=N–C) groups is 1. The third-order valence-electron chi connectivity index (χ3n) is 14.2. The van der Waals surface area contributed by atoms with Crippen molar-refractivity contribution in [1.82, 2.24) is 49.6 Å². The molecule has 1 aliphatic carbocycles. The van der Waals surface area contributed by atoms with Crippen LogP contribution < -0.4 is 15.4 Å². The number of aromatic nitrogens is 7. The molecule has 1 saturated heterocycles. The Kier molecular flexibility index (Phi) is 13.5. The second-order valence-corrected chi connectivity index (χ2v) is 21.2. The van der Waals surface area contributed by atoms with Gasteiger partial charge in [-0.2, -0.15) is 5.10 Å². The molecule has 3 amide bonds. The van der Waals surface area contributed by atoms with Gasteiger partial charge in [0.05, 0.1) is 30.5 Å². The number of hydrogen-bond donors (Lipinski definition) is 3. The van der Waals surface area contributed by atoms with Gasteiger partial charge in [-0.05, 0) is 93.6 Å². The summed E-state index contributed by atoms with van der Waals surface area (Å²) in [6.45, 7) is 13.9. The Morgan fingerprint density at radius 1 is 0.917 bits per heavy atom. The molecule has 5 atom stereocenters. The van der Waals surface area contributed by atoms with Crippen molar-refractivity contribution in [3.8, 4) is 27.6 Å². The number of nitrogens with one attached hydrogen (secondary N) is 2. The van der Waals surface area contributed by atoms with Gasteiger partial charge in [-0.25, -0.2) is 4.98 Å². The Hall–Kier alpha value is -6.95. The van der Waals surface area contributed by atoms with Crippen LogP contribution in [0.4, 0.5) is 0 Å². The summed E-state index contributed by atoms with van der Waals surface area (Å²) in [6, 6.07) is 20.8. The van der Waals surface area contributed by atoms with Gasteiger partial charge in [0.2, 0.25) is 17.7 Å². The molecule has 1 saturated carbocycles. The zero-order valence-electron chi connectivity index (χ0n) is 41.3. The molecule has 4 aromatic heterocycles. The average Bonchev–Trinajstić information content (AvgIpc) is 4.19. The van der Waals surface area contributed by atoms with Crippen molar-refractivity contribution in [1.29, 1.82) is 0 Å². The summed E-state index contributed by atoms with van der Waals surface area (Å²) in [6.07, 6.45) is 7.81. The van der Waals surface area contributed by atoms with Crippen molar-refractivity contribution in [2.45, 2.75) is 117 Å². The first-order valence-corrected chi connectivity index (χ1v) is 25.7. The highest BCUT2D eigenvalue weighted by Gasteiger charge is 2.43. The number of amides is 3. The molecule has 0 bridgehead atoms. The maximum absolute atomic E-state index is 14.4. The fourth-order valence-electron chi connectivity index (χ4n) is 10.1. The summed E-state index contributed by atoms with van der Waals surface area (Å²) >= 11 is 7.96. The number of hydrogen-bond acceptors (Lipinski definition) is 11. The number of β-amino-alcohol motifs (C(OH)–C–C–N with tert-alkyl or cyclic N) is 1. The van der Waals surface area contributed by atoms with Crippen molar-refractivity contribution < 1.29 is 24.2 Å². The van der Waals surface area contributed by atoms with Gasteiger partial charge in [0.1, 0.15) is 46.6 Å². The summed E-state index contributed by atoms with van der Waals surface area (Å²) in [4.78, 5) is 54.3. The Balaban J connectivity index is 0.762. The molecule has 1 unspecified atom stereocenters. The molecule has 3 aliphatic rings. The number of thiophene rings is 1. The molecule has 10 rings (SSSR count). The molecule has 372 valence electrons. The minimum absolute atomic E-state index is 0.0490. The molecule has 16 nitrogen and oxygen atoms in total. The number of imidazole rings is 1. The van der Waals surface area contributed by atoms with Gasteiger partial charge in [-0.3, -0.25) is 28.6 Å². The number of aliphatic hydroxyl groups excluding tert-OH is 1. The lowest BCUT2D eigenvalue weighted by Crippen LogP contribution is -2.49. The highest BCUT2D eigenvalue weighted by molar-refractivity contribution is 7.15. The van der Waals surface area contributed by atoms with Crippen LogP contribution in [0.2, 0.25) is 5.02 Å². The van der Waals surface area contributed by atoms with E-state index in [0.29, 0.717) is 29.4 Å². The van der Waals surface area contributed by atoms with Crippen LogP contribution in [0, 0.1) is 33.6 Å². The first-order chi connectivity index (χ1) is 34.6. The van der Waals surface area contributed by atoms with E-state index in [4.69, 9.17) is 21.3 Å². The topological polar surface area (TPSA) is 187 Å². The van der Waals surface area contributed by atoms with Gasteiger partial charge < -0.3 is 29.9 Å². The maximum Gasteiger partial charge on any atom is 0.248 e. The number of benzene rings is 3. The van der Waals surface area contributed by atoms with Gasteiger partial charge in [0.15, 0.2) is 5.82 Å². The van der Waals surface area contributed by atoms with Crippen LogP contribution in [-0.4, -0.2) is 98.4 Å². The predicted molar refractivity (Wildman–Crippen MR) is 276 cm³/mol. The summed E-state index contributed by atoms with van der Waals surface area (Å²) in [5.41, 5.74) is 7.39. The van der Waals surface area contributed by atoms with Gasteiger partial charge in [-0.1, -0.05) is 61.8 Å². The molecule has 72 heavy (non-hydrogen) atoms. The minimum Gasteiger partial charge on any atom is -0.490 e. The number of carbonyl (C=O) groups is 3. The van der Waals surface area contributed by atoms with E-state index in [1.165, 1.54) is 9.78 Å². The van der Waals surface area contributed by atoms with Crippen LogP contribution in [0.15, 0.2) is 103 Å². The fourth-order valence-corrected chi connectivity index (χ4v) is 11.4. The fraction of sp³-hybridized carbons (Fsp3) is 0.370. The van der Waals surface area contributed by atoms with E-state index in [2.05, 4.69) is 44.8 Å². The molecule has 0 radical (unpaired) electrons. The smallest absolute Gasteiger partial charge is 0.248 e. The summed E-state index contributed by atoms with van der Waals surface area (Å²) in [7, 11) is 0. The maximum atomic E-state index is 14.4. The van der Waals surface area contributed by atoms with Crippen LogP contribution in [0.1, 0.15) is 109 Å². The van der Waals surface area contributed by atoms with Crippen molar-refractivity contribution in [2.75, 3.05) is 6.54 Å². The second kappa shape index (κ2) is 19.9. The Bertz CT molecular complexity index is 3190. The number of fused-ring (bicyclic) bond motifs is 3. The van der Waals surface area contributed by atoms with E-state index in [-0.39, 0.29) is 61.2 Å². The number of rotatable bonds is 14. The van der Waals surface area contributed by atoms with E-state index in [1.807, 2.05) is 129 Å². The molecule has 18 heteroatoms. The van der Waals surface area contributed by atoms with Crippen molar-refractivity contribution in [3.05, 3.63) is 147 Å². The molecular weight excluding hydrogens is 950 g/mol. The highest BCUT2D eigenvalue weighted by atomic mass is 35.5. The molecule has 3 N–H and O–H groups in total. The van der Waals surface area contributed by atoms with Gasteiger partial charge >= 0.3 is 0 Å². The van der Waals surface area contributed by atoms with E-state index >= 15 is 0 Å². The Labute approximate surface area is 427 Å². The van der Waals surface area contributed by atoms with Crippen LogP contribution in [0.5, 0.6) is 5.75 Å². The summed E-state index contributed by atoms with van der Waals surface area (Å²) in [5.74, 6) is 2.02. The Morgan fingerprint density at radius 2 is 1.68 bits per heavy atom. The molecule has 7 aromatic rings.